The van der Waals surface area contributed by atoms with Gasteiger partial charge in [-0.05, 0) is 24.7 Å². The van der Waals surface area contributed by atoms with Crippen LogP contribution in [0.4, 0.5) is 0 Å². The molecule has 0 spiro atoms. The van der Waals surface area contributed by atoms with Crippen LogP contribution >= 0.6 is 12.2 Å². The fraction of sp³-hybridized carbons (Fsp3) is 0.364. The molecule has 0 saturated carbocycles. The zero-order chi connectivity index (χ0) is 9.68. The lowest BCUT2D eigenvalue weighted by Crippen LogP contribution is -2.02. The van der Waals surface area contributed by atoms with Crippen LogP contribution in [0, 0.1) is 6.92 Å². The standard InChI is InChI=1S/C11H14OS/c1-9-3-5-11(6-4-9)10(2)7-12-8-13/h3-6,8,10H,7H2,1-2H3. The topological polar surface area (TPSA) is 9.23 Å². The SMILES string of the molecule is Cc1ccc(C(C)COC=S)cc1. The molecule has 2 heteroatoms. The van der Waals surface area contributed by atoms with E-state index in [-0.39, 0.29) is 0 Å². The van der Waals surface area contributed by atoms with Gasteiger partial charge in [-0.3, -0.25) is 0 Å². The van der Waals surface area contributed by atoms with Gasteiger partial charge in [0, 0.05) is 5.92 Å². The zero-order valence-corrected chi connectivity index (χ0v) is 8.80. The Morgan fingerprint density at radius 1 is 1.38 bits per heavy atom. The molecule has 0 heterocycles. The summed E-state index contributed by atoms with van der Waals surface area (Å²) in [5.74, 6) is 0.403. The number of aryl methyl sites for hydroxylation is 1. The zero-order valence-electron chi connectivity index (χ0n) is 7.99. The highest BCUT2D eigenvalue weighted by atomic mass is 32.1. The Morgan fingerprint density at radius 2 is 2.00 bits per heavy atom. The molecule has 0 aliphatic heterocycles. The molecular weight excluding hydrogens is 180 g/mol. The Labute approximate surface area is 84.7 Å². The van der Waals surface area contributed by atoms with Gasteiger partial charge in [0.1, 0.15) is 5.55 Å². The Bertz CT molecular complexity index is 266. The van der Waals surface area contributed by atoms with Crippen molar-refractivity contribution in [3.63, 3.8) is 0 Å². The molecule has 1 atom stereocenters. The van der Waals surface area contributed by atoms with Crippen molar-refractivity contribution in [2.24, 2.45) is 0 Å². The molecule has 13 heavy (non-hydrogen) atoms. The van der Waals surface area contributed by atoms with Crippen LogP contribution in [0.2, 0.25) is 0 Å². The molecule has 1 unspecified atom stereocenters. The van der Waals surface area contributed by atoms with Gasteiger partial charge in [0.25, 0.3) is 0 Å². The molecule has 1 nitrogen and oxygen atoms in total. The summed E-state index contributed by atoms with van der Waals surface area (Å²) in [6.45, 7) is 4.87. The van der Waals surface area contributed by atoms with Crippen LogP contribution in [0.25, 0.3) is 0 Å². The largest absolute Gasteiger partial charge is 0.489 e. The van der Waals surface area contributed by atoms with Crippen LogP contribution in [0.3, 0.4) is 0 Å². The lowest BCUT2D eigenvalue weighted by Gasteiger charge is -2.10. The fourth-order valence-corrected chi connectivity index (χ4v) is 1.25. The number of thiocarbonyl (C=S) groups is 1. The summed E-state index contributed by atoms with van der Waals surface area (Å²) < 4.78 is 5.07. The first-order valence-electron chi connectivity index (χ1n) is 4.36. The maximum Gasteiger partial charge on any atom is 0.146 e. The summed E-state index contributed by atoms with van der Waals surface area (Å²) in [4.78, 5) is 0. The van der Waals surface area contributed by atoms with Gasteiger partial charge in [-0.15, -0.1) is 0 Å². The second-order valence-corrected chi connectivity index (χ2v) is 3.43. The Morgan fingerprint density at radius 3 is 2.54 bits per heavy atom. The first kappa shape index (κ1) is 10.2. The predicted octanol–water partition coefficient (Wildman–Crippen LogP) is 3.07. The quantitative estimate of drug-likeness (QED) is 0.681. The second-order valence-electron chi connectivity index (χ2n) is 3.24. The average molecular weight is 194 g/mol. The van der Waals surface area contributed by atoms with Crippen molar-refractivity contribution in [1.29, 1.82) is 0 Å². The van der Waals surface area contributed by atoms with Gasteiger partial charge in [0.2, 0.25) is 0 Å². The van der Waals surface area contributed by atoms with E-state index in [2.05, 4.69) is 50.3 Å². The molecule has 1 aromatic carbocycles. The van der Waals surface area contributed by atoms with Crippen molar-refractivity contribution in [1.82, 2.24) is 0 Å². The van der Waals surface area contributed by atoms with E-state index >= 15 is 0 Å². The molecule has 0 radical (unpaired) electrons. The van der Waals surface area contributed by atoms with Crippen LogP contribution < -0.4 is 0 Å². The van der Waals surface area contributed by atoms with Crippen molar-refractivity contribution in [2.45, 2.75) is 19.8 Å². The Balaban J connectivity index is 2.60. The second kappa shape index (κ2) is 4.97. The third kappa shape index (κ3) is 3.15. The van der Waals surface area contributed by atoms with Crippen LogP contribution in [-0.4, -0.2) is 12.2 Å². The van der Waals surface area contributed by atoms with Crippen LogP contribution in [0.15, 0.2) is 24.3 Å². The monoisotopic (exact) mass is 194 g/mol. The molecule has 0 aliphatic rings. The first-order valence-corrected chi connectivity index (χ1v) is 4.83. The molecule has 0 amide bonds. The smallest absolute Gasteiger partial charge is 0.146 e. The minimum absolute atomic E-state index is 0.403. The van der Waals surface area contributed by atoms with Crippen molar-refractivity contribution < 1.29 is 4.74 Å². The molecule has 0 aromatic heterocycles. The lowest BCUT2D eigenvalue weighted by atomic mass is 10.0. The lowest BCUT2D eigenvalue weighted by molar-refractivity contribution is 0.303. The summed E-state index contributed by atoms with van der Waals surface area (Å²) in [6.07, 6.45) is 0. The van der Waals surface area contributed by atoms with Crippen LogP contribution in [0.5, 0.6) is 0 Å². The van der Waals surface area contributed by atoms with Crippen LogP contribution in [-0.2, 0) is 4.74 Å². The van der Waals surface area contributed by atoms with Gasteiger partial charge < -0.3 is 4.74 Å². The van der Waals surface area contributed by atoms with Gasteiger partial charge in [0.05, 0.1) is 6.61 Å². The summed E-state index contributed by atoms with van der Waals surface area (Å²) in [6, 6.07) is 8.49. The third-order valence-corrected chi connectivity index (χ3v) is 2.20. The fourth-order valence-electron chi connectivity index (χ4n) is 1.17. The maximum atomic E-state index is 5.07. The molecule has 0 bridgehead atoms. The van der Waals surface area contributed by atoms with E-state index in [1.165, 1.54) is 16.7 Å². The number of benzene rings is 1. The summed E-state index contributed by atoms with van der Waals surface area (Å²) in [5, 5.41) is 0. The molecule has 0 fully saturated rings. The average Bonchev–Trinajstić information content (AvgIpc) is 2.15. The number of rotatable bonds is 4. The molecule has 0 aliphatic carbocycles. The molecular formula is C11H14OS. The summed E-state index contributed by atoms with van der Waals surface area (Å²) >= 11 is 4.59. The predicted molar refractivity (Wildman–Crippen MR) is 59.2 cm³/mol. The van der Waals surface area contributed by atoms with Gasteiger partial charge in [-0.25, -0.2) is 0 Å². The number of hydrogen-bond acceptors (Lipinski definition) is 2. The van der Waals surface area contributed by atoms with Gasteiger partial charge in [-0.1, -0.05) is 36.8 Å². The third-order valence-electron chi connectivity index (χ3n) is 2.06. The van der Waals surface area contributed by atoms with Gasteiger partial charge in [0.15, 0.2) is 0 Å². The van der Waals surface area contributed by atoms with E-state index in [1.54, 1.807) is 0 Å². The highest BCUT2D eigenvalue weighted by molar-refractivity contribution is 7.78. The number of ether oxygens (including phenoxy) is 1. The van der Waals surface area contributed by atoms with Gasteiger partial charge >= 0.3 is 0 Å². The molecule has 1 rings (SSSR count). The minimum Gasteiger partial charge on any atom is -0.489 e. The van der Waals surface area contributed by atoms with E-state index in [4.69, 9.17) is 4.74 Å². The highest BCUT2D eigenvalue weighted by Crippen LogP contribution is 2.15. The van der Waals surface area contributed by atoms with Crippen molar-refractivity contribution in [3.8, 4) is 0 Å². The van der Waals surface area contributed by atoms with Crippen molar-refractivity contribution in [3.05, 3.63) is 35.4 Å². The highest BCUT2D eigenvalue weighted by Gasteiger charge is 2.04. The van der Waals surface area contributed by atoms with E-state index < -0.39 is 0 Å². The normalized spacial score (nSPS) is 12.2. The van der Waals surface area contributed by atoms with E-state index in [0.717, 1.165) is 0 Å². The van der Waals surface area contributed by atoms with E-state index in [9.17, 15) is 0 Å². The Hall–Kier alpha value is -0.890. The summed E-state index contributed by atoms with van der Waals surface area (Å²) in [5.41, 5.74) is 3.90. The summed E-state index contributed by atoms with van der Waals surface area (Å²) in [7, 11) is 0. The van der Waals surface area contributed by atoms with E-state index in [1.807, 2.05) is 0 Å². The van der Waals surface area contributed by atoms with E-state index in [0.29, 0.717) is 12.5 Å². The minimum atomic E-state index is 0.403. The number of hydrogen-bond donors (Lipinski definition) is 0. The Kier molecular flexibility index (Phi) is 3.90. The van der Waals surface area contributed by atoms with Crippen molar-refractivity contribution >= 4 is 17.8 Å². The molecule has 0 N–H and O–H groups in total. The molecule has 70 valence electrons. The van der Waals surface area contributed by atoms with Crippen molar-refractivity contribution in [2.75, 3.05) is 6.61 Å². The maximum absolute atomic E-state index is 5.07. The molecule has 1 aromatic rings. The first-order chi connectivity index (χ1) is 6.24. The van der Waals surface area contributed by atoms with Gasteiger partial charge in [-0.2, -0.15) is 0 Å². The molecule has 0 saturated heterocycles. The van der Waals surface area contributed by atoms with Crippen LogP contribution in [0.1, 0.15) is 24.0 Å².